The lowest BCUT2D eigenvalue weighted by Crippen LogP contribution is -2.30. The molecule has 0 aliphatic heterocycles. The van der Waals surface area contributed by atoms with Gasteiger partial charge in [0.15, 0.2) is 0 Å². The standard InChI is InChI=1S/C11H17N3O4S/c1-13(2)19(17,18)8-7-12-9-10-3-5-11(6-4-10)14(15)16/h3-6,12H,7-9H2,1-2H3. The second-order valence-electron chi connectivity index (χ2n) is 4.20. The van der Waals surface area contributed by atoms with Gasteiger partial charge in [0.25, 0.3) is 5.69 Å². The van der Waals surface area contributed by atoms with Gasteiger partial charge in [-0.15, -0.1) is 0 Å². The summed E-state index contributed by atoms with van der Waals surface area (Å²) in [5.41, 5.74) is 0.909. The van der Waals surface area contributed by atoms with Crippen LogP contribution in [0.1, 0.15) is 5.56 Å². The number of nitrogens with one attached hydrogen (secondary N) is 1. The summed E-state index contributed by atoms with van der Waals surface area (Å²) >= 11 is 0. The highest BCUT2D eigenvalue weighted by Crippen LogP contribution is 2.11. The lowest BCUT2D eigenvalue weighted by Gasteiger charge is -2.11. The van der Waals surface area contributed by atoms with Crippen LogP contribution in [0.25, 0.3) is 0 Å². The number of hydrogen-bond acceptors (Lipinski definition) is 5. The Bertz CT molecular complexity index is 525. The molecule has 1 aromatic rings. The quantitative estimate of drug-likeness (QED) is 0.450. The molecule has 1 aromatic carbocycles. The van der Waals surface area contributed by atoms with Crippen molar-refractivity contribution in [2.75, 3.05) is 26.4 Å². The summed E-state index contributed by atoms with van der Waals surface area (Å²) in [6.07, 6.45) is 0. The Labute approximate surface area is 112 Å². The smallest absolute Gasteiger partial charge is 0.269 e. The predicted octanol–water partition coefficient (Wildman–Crippen LogP) is 0.576. The molecule has 1 N–H and O–H groups in total. The third-order valence-electron chi connectivity index (χ3n) is 2.57. The van der Waals surface area contributed by atoms with E-state index in [1.54, 1.807) is 12.1 Å². The molecule has 0 spiro atoms. The van der Waals surface area contributed by atoms with Crippen molar-refractivity contribution in [3.63, 3.8) is 0 Å². The van der Waals surface area contributed by atoms with Crippen LogP contribution in [-0.2, 0) is 16.6 Å². The minimum atomic E-state index is -3.19. The van der Waals surface area contributed by atoms with Gasteiger partial charge in [0, 0.05) is 39.3 Å². The third-order valence-corrected chi connectivity index (χ3v) is 4.40. The highest BCUT2D eigenvalue weighted by Gasteiger charge is 2.12. The van der Waals surface area contributed by atoms with E-state index in [0.717, 1.165) is 5.56 Å². The molecule has 0 atom stereocenters. The monoisotopic (exact) mass is 287 g/mol. The number of benzene rings is 1. The average Bonchev–Trinajstić information content (AvgIpc) is 2.35. The molecule has 0 aromatic heterocycles. The fourth-order valence-corrected chi connectivity index (χ4v) is 2.12. The Morgan fingerprint density at radius 1 is 1.26 bits per heavy atom. The van der Waals surface area contributed by atoms with Gasteiger partial charge in [-0.3, -0.25) is 10.1 Å². The topological polar surface area (TPSA) is 92.6 Å². The molecule has 0 aliphatic rings. The fourth-order valence-electron chi connectivity index (χ4n) is 1.35. The lowest BCUT2D eigenvalue weighted by atomic mass is 10.2. The van der Waals surface area contributed by atoms with Crippen molar-refractivity contribution in [3.05, 3.63) is 39.9 Å². The number of hydrogen-bond donors (Lipinski definition) is 1. The first-order valence-electron chi connectivity index (χ1n) is 5.67. The van der Waals surface area contributed by atoms with Gasteiger partial charge in [-0.25, -0.2) is 12.7 Å². The van der Waals surface area contributed by atoms with E-state index in [-0.39, 0.29) is 11.4 Å². The first-order valence-corrected chi connectivity index (χ1v) is 7.28. The SMILES string of the molecule is CN(C)S(=O)(=O)CCNCc1ccc([N+](=O)[O-])cc1. The molecular weight excluding hydrogens is 270 g/mol. The van der Waals surface area contributed by atoms with Crippen LogP contribution in [0.15, 0.2) is 24.3 Å². The zero-order chi connectivity index (χ0) is 14.5. The molecule has 19 heavy (non-hydrogen) atoms. The number of nitro benzene ring substituents is 1. The first-order chi connectivity index (χ1) is 8.83. The molecule has 0 saturated carbocycles. The zero-order valence-corrected chi connectivity index (χ0v) is 11.7. The van der Waals surface area contributed by atoms with Gasteiger partial charge in [-0.1, -0.05) is 12.1 Å². The van der Waals surface area contributed by atoms with Gasteiger partial charge in [0.2, 0.25) is 10.0 Å². The van der Waals surface area contributed by atoms with Crippen molar-refractivity contribution in [3.8, 4) is 0 Å². The highest BCUT2D eigenvalue weighted by atomic mass is 32.2. The van der Waals surface area contributed by atoms with Crippen LogP contribution in [0, 0.1) is 10.1 Å². The minimum Gasteiger partial charge on any atom is -0.312 e. The molecular formula is C11H17N3O4S. The van der Waals surface area contributed by atoms with Gasteiger partial charge in [-0.2, -0.15) is 0 Å². The second-order valence-corrected chi connectivity index (χ2v) is 6.50. The van der Waals surface area contributed by atoms with E-state index in [1.807, 2.05) is 0 Å². The first kappa shape index (κ1) is 15.5. The largest absolute Gasteiger partial charge is 0.312 e. The van der Waals surface area contributed by atoms with Crippen molar-refractivity contribution < 1.29 is 13.3 Å². The summed E-state index contributed by atoms with van der Waals surface area (Å²) in [7, 11) is -0.206. The average molecular weight is 287 g/mol. The summed E-state index contributed by atoms with van der Waals surface area (Å²) in [6.45, 7) is 0.804. The molecule has 0 amide bonds. The summed E-state index contributed by atoms with van der Waals surface area (Å²) in [5, 5.41) is 13.5. The maximum Gasteiger partial charge on any atom is 0.269 e. The van der Waals surface area contributed by atoms with Crippen molar-refractivity contribution in [2.45, 2.75) is 6.54 Å². The van der Waals surface area contributed by atoms with Gasteiger partial charge < -0.3 is 5.32 Å². The highest BCUT2D eigenvalue weighted by molar-refractivity contribution is 7.89. The molecule has 0 saturated heterocycles. The molecule has 1 rings (SSSR count). The van der Waals surface area contributed by atoms with Crippen LogP contribution in [-0.4, -0.2) is 44.0 Å². The van der Waals surface area contributed by atoms with Crippen LogP contribution in [0.2, 0.25) is 0 Å². The molecule has 8 heteroatoms. The second kappa shape index (κ2) is 6.60. The Morgan fingerprint density at radius 2 is 1.84 bits per heavy atom. The number of nitrogens with zero attached hydrogens (tertiary/aromatic N) is 2. The van der Waals surface area contributed by atoms with Crippen LogP contribution in [0.3, 0.4) is 0 Å². The van der Waals surface area contributed by atoms with Crippen LogP contribution in [0.4, 0.5) is 5.69 Å². The maximum atomic E-state index is 11.5. The van der Waals surface area contributed by atoms with Gasteiger partial charge in [-0.05, 0) is 5.56 Å². The summed E-state index contributed by atoms with van der Waals surface area (Å²) in [4.78, 5) is 10.0. The molecule has 0 radical (unpaired) electrons. The molecule has 0 heterocycles. The Kier molecular flexibility index (Phi) is 5.40. The van der Waals surface area contributed by atoms with E-state index in [4.69, 9.17) is 0 Å². The van der Waals surface area contributed by atoms with Gasteiger partial charge in [0.1, 0.15) is 0 Å². The van der Waals surface area contributed by atoms with E-state index in [9.17, 15) is 18.5 Å². The van der Waals surface area contributed by atoms with Crippen molar-refractivity contribution in [1.29, 1.82) is 0 Å². The van der Waals surface area contributed by atoms with Crippen molar-refractivity contribution >= 4 is 15.7 Å². The number of nitro groups is 1. The van der Waals surface area contributed by atoms with E-state index >= 15 is 0 Å². The van der Waals surface area contributed by atoms with Crippen molar-refractivity contribution in [1.82, 2.24) is 9.62 Å². The minimum absolute atomic E-state index is 0.0208. The summed E-state index contributed by atoms with van der Waals surface area (Å²) in [6, 6.07) is 6.14. The Morgan fingerprint density at radius 3 is 2.32 bits per heavy atom. The molecule has 0 bridgehead atoms. The van der Waals surface area contributed by atoms with Crippen molar-refractivity contribution in [2.24, 2.45) is 0 Å². The van der Waals surface area contributed by atoms with Crippen LogP contribution >= 0.6 is 0 Å². The Balaban J connectivity index is 2.40. The maximum absolute atomic E-state index is 11.5. The molecule has 0 aliphatic carbocycles. The van der Waals surface area contributed by atoms with E-state index in [0.29, 0.717) is 13.1 Å². The molecule has 106 valence electrons. The van der Waals surface area contributed by atoms with E-state index < -0.39 is 14.9 Å². The molecule has 0 fully saturated rings. The summed E-state index contributed by atoms with van der Waals surface area (Å²) in [5.74, 6) is 0.0208. The third kappa shape index (κ3) is 4.93. The van der Waals surface area contributed by atoms with E-state index in [2.05, 4.69) is 5.32 Å². The van der Waals surface area contributed by atoms with Gasteiger partial charge in [0.05, 0.1) is 10.7 Å². The number of non-ortho nitro benzene ring substituents is 1. The Hall–Kier alpha value is -1.51. The molecule has 7 nitrogen and oxygen atoms in total. The van der Waals surface area contributed by atoms with Gasteiger partial charge >= 0.3 is 0 Å². The van der Waals surface area contributed by atoms with Crippen LogP contribution in [0.5, 0.6) is 0 Å². The normalized spacial score (nSPS) is 11.7. The summed E-state index contributed by atoms with van der Waals surface area (Å²) < 4.78 is 24.1. The van der Waals surface area contributed by atoms with Crippen LogP contribution < -0.4 is 5.32 Å². The molecule has 0 unspecified atom stereocenters. The fraction of sp³-hybridized carbons (Fsp3) is 0.455. The zero-order valence-electron chi connectivity index (χ0n) is 10.9. The lowest BCUT2D eigenvalue weighted by molar-refractivity contribution is -0.384. The number of sulfonamides is 1. The number of rotatable bonds is 7. The predicted molar refractivity (Wildman–Crippen MR) is 72.3 cm³/mol. The van der Waals surface area contributed by atoms with E-state index in [1.165, 1.54) is 30.5 Å².